The van der Waals surface area contributed by atoms with E-state index in [1.807, 2.05) is 0 Å². The summed E-state index contributed by atoms with van der Waals surface area (Å²) in [5.74, 6) is 0. The van der Waals surface area contributed by atoms with Crippen molar-refractivity contribution in [3.63, 3.8) is 0 Å². The smallest absolute Gasteiger partial charge is 0.0512 e. The van der Waals surface area contributed by atoms with Crippen LogP contribution in [0.2, 0.25) is 0 Å². The van der Waals surface area contributed by atoms with Crippen molar-refractivity contribution in [3.05, 3.63) is 28.2 Å². The van der Waals surface area contributed by atoms with Crippen molar-refractivity contribution in [2.75, 3.05) is 31.6 Å². The standard InChI is InChI=1S/C15H24BrN3/c1-11-5-6-14(13(16)7-11)19-9-12(8-17)18(4)15(2,3)10-19/h5-7,12H,8-10,17H2,1-4H3. The van der Waals surface area contributed by atoms with E-state index in [9.17, 15) is 0 Å². The van der Waals surface area contributed by atoms with Crippen LogP contribution in [0, 0.1) is 6.92 Å². The fourth-order valence-corrected chi connectivity index (χ4v) is 3.54. The van der Waals surface area contributed by atoms with Gasteiger partial charge in [-0.2, -0.15) is 0 Å². The number of halogens is 1. The van der Waals surface area contributed by atoms with Gasteiger partial charge in [0.15, 0.2) is 0 Å². The molecule has 0 spiro atoms. The van der Waals surface area contributed by atoms with E-state index in [1.54, 1.807) is 0 Å². The summed E-state index contributed by atoms with van der Waals surface area (Å²) in [6, 6.07) is 6.95. The third kappa shape index (κ3) is 2.96. The second kappa shape index (κ2) is 5.43. The van der Waals surface area contributed by atoms with Crippen LogP contribution >= 0.6 is 15.9 Å². The molecule has 0 amide bonds. The Bertz CT molecular complexity index is 459. The number of benzene rings is 1. The lowest BCUT2D eigenvalue weighted by Crippen LogP contribution is -2.64. The van der Waals surface area contributed by atoms with Gasteiger partial charge in [0.2, 0.25) is 0 Å². The van der Waals surface area contributed by atoms with E-state index in [4.69, 9.17) is 5.73 Å². The maximum Gasteiger partial charge on any atom is 0.0512 e. The number of nitrogens with two attached hydrogens (primary N) is 1. The van der Waals surface area contributed by atoms with Gasteiger partial charge in [-0.1, -0.05) is 6.07 Å². The van der Waals surface area contributed by atoms with Gasteiger partial charge in [-0.05, 0) is 61.4 Å². The van der Waals surface area contributed by atoms with Gasteiger partial charge in [-0.3, -0.25) is 4.90 Å². The minimum Gasteiger partial charge on any atom is -0.367 e. The molecule has 1 aromatic carbocycles. The highest BCUT2D eigenvalue weighted by Crippen LogP contribution is 2.32. The molecule has 2 N–H and O–H groups in total. The number of anilines is 1. The van der Waals surface area contributed by atoms with Crippen LogP contribution in [-0.2, 0) is 0 Å². The van der Waals surface area contributed by atoms with Crippen molar-refractivity contribution in [2.24, 2.45) is 5.73 Å². The summed E-state index contributed by atoms with van der Waals surface area (Å²) in [6.45, 7) is 9.37. The summed E-state index contributed by atoms with van der Waals surface area (Å²) in [6.07, 6.45) is 0. The highest BCUT2D eigenvalue weighted by atomic mass is 79.9. The normalized spacial score (nSPS) is 23.7. The van der Waals surface area contributed by atoms with E-state index in [-0.39, 0.29) is 5.54 Å². The first kappa shape index (κ1) is 14.8. The zero-order chi connectivity index (χ0) is 14.2. The first-order chi connectivity index (χ1) is 8.85. The highest BCUT2D eigenvalue weighted by Gasteiger charge is 2.37. The topological polar surface area (TPSA) is 32.5 Å². The van der Waals surface area contributed by atoms with Crippen molar-refractivity contribution in [1.29, 1.82) is 0 Å². The number of hydrogen-bond donors (Lipinski definition) is 1. The molecular formula is C15H24BrN3. The van der Waals surface area contributed by atoms with Crippen molar-refractivity contribution in [3.8, 4) is 0 Å². The fraction of sp³-hybridized carbons (Fsp3) is 0.600. The van der Waals surface area contributed by atoms with Crippen LogP contribution in [0.15, 0.2) is 22.7 Å². The lowest BCUT2D eigenvalue weighted by atomic mass is 9.95. The van der Waals surface area contributed by atoms with Crippen molar-refractivity contribution < 1.29 is 0 Å². The van der Waals surface area contributed by atoms with Crippen LogP contribution in [-0.4, -0.2) is 43.2 Å². The Morgan fingerprint density at radius 2 is 2.11 bits per heavy atom. The quantitative estimate of drug-likeness (QED) is 0.907. The lowest BCUT2D eigenvalue weighted by Gasteiger charge is -2.51. The lowest BCUT2D eigenvalue weighted by molar-refractivity contribution is 0.0845. The molecule has 1 aliphatic heterocycles. The van der Waals surface area contributed by atoms with Crippen LogP contribution < -0.4 is 10.6 Å². The van der Waals surface area contributed by atoms with Gasteiger partial charge in [0.1, 0.15) is 0 Å². The molecule has 1 atom stereocenters. The number of hydrogen-bond acceptors (Lipinski definition) is 3. The van der Waals surface area contributed by atoms with Crippen molar-refractivity contribution in [1.82, 2.24) is 4.90 Å². The summed E-state index contributed by atoms with van der Waals surface area (Å²) in [4.78, 5) is 4.85. The first-order valence-electron chi connectivity index (χ1n) is 6.79. The molecule has 1 unspecified atom stereocenters. The fourth-order valence-electron chi connectivity index (χ4n) is 2.80. The van der Waals surface area contributed by atoms with Gasteiger partial charge in [0, 0.05) is 35.7 Å². The Hall–Kier alpha value is -0.580. The first-order valence-corrected chi connectivity index (χ1v) is 7.58. The average Bonchev–Trinajstić information content (AvgIpc) is 2.32. The molecule has 0 radical (unpaired) electrons. The molecule has 1 fully saturated rings. The van der Waals surface area contributed by atoms with E-state index in [1.165, 1.54) is 15.7 Å². The molecule has 2 rings (SSSR count). The van der Waals surface area contributed by atoms with Crippen LogP contribution in [0.25, 0.3) is 0 Å². The third-order valence-electron chi connectivity index (χ3n) is 4.23. The van der Waals surface area contributed by atoms with E-state index >= 15 is 0 Å². The van der Waals surface area contributed by atoms with Gasteiger partial charge in [-0.15, -0.1) is 0 Å². The van der Waals surface area contributed by atoms with Crippen molar-refractivity contribution in [2.45, 2.75) is 32.4 Å². The minimum atomic E-state index is 0.132. The number of likely N-dealkylation sites (N-methyl/N-ethyl adjacent to an activating group) is 1. The second-order valence-electron chi connectivity index (χ2n) is 6.15. The van der Waals surface area contributed by atoms with E-state index in [2.05, 4.69) is 71.7 Å². The molecule has 0 bridgehead atoms. The average molecular weight is 326 g/mol. The van der Waals surface area contributed by atoms with Crippen LogP contribution in [0.1, 0.15) is 19.4 Å². The SMILES string of the molecule is Cc1ccc(N2CC(CN)N(C)C(C)(C)C2)c(Br)c1. The van der Waals surface area contributed by atoms with Gasteiger partial charge < -0.3 is 10.6 Å². The Kier molecular flexibility index (Phi) is 4.23. The molecule has 1 saturated heterocycles. The zero-order valence-electron chi connectivity index (χ0n) is 12.3. The predicted octanol–water partition coefficient (Wildman–Crippen LogP) is 2.62. The van der Waals surface area contributed by atoms with Gasteiger partial charge in [0.05, 0.1) is 5.69 Å². The summed E-state index contributed by atoms with van der Waals surface area (Å²) in [5.41, 5.74) is 8.61. The predicted molar refractivity (Wildman–Crippen MR) is 85.8 cm³/mol. The number of piperazine rings is 1. The van der Waals surface area contributed by atoms with Gasteiger partial charge in [0.25, 0.3) is 0 Å². The van der Waals surface area contributed by atoms with Gasteiger partial charge >= 0.3 is 0 Å². The Balaban J connectivity index is 2.30. The minimum absolute atomic E-state index is 0.132. The molecule has 106 valence electrons. The molecule has 0 aliphatic carbocycles. The van der Waals surface area contributed by atoms with E-state index < -0.39 is 0 Å². The summed E-state index contributed by atoms with van der Waals surface area (Å²) in [5, 5.41) is 0. The van der Waals surface area contributed by atoms with Crippen LogP contribution in [0.4, 0.5) is 5.69 Å². The molecule has 4 heteroatoms. The van der Waals surface area contributed by atoms with Crippen LogP contribution in [0.3, 0.4) is 0 Å². The summed E-state index contributed by atoms with van der Waals surface area (Å²) in [7, 11) is 2.18. The Labute approximate surface area is 124 Å². The zero-order valence-corrected chi connectivity index (χ0v) is 13.9. The Morgan fingerprint density at radius 3 is 2.68 bits per heavy atom. The summed E-state index contributed by atoms with van der Waals surface area (Å²) >= 11 is 3.69. The maximum absolute atomic E-state index is 5.94. The van der Waals surface area contributed by atoms with Gasteiger partial charge in [-0.25, -0.2) is 0 Å². The van der Waals surface area contributed by atoms with Crippen LogP contribution in [0.5, 0.6) is 0 Å². The highest BCUT2D eigenvalue weighted by molar-refractivity contribution is 9.10. The number of rotatable bonds is 2. The molecule has 0 saturated carbocycles. The molecule has 19 heavy (non-hydrogen) atoms. The number of aryl methyl sites for hydroxylation is 1. The molecule has 3 nitrogen and oxygen atoms in total. The number of nitrogens with zero attached hydrogens (tertiary/aromatic N) is 2. The molecule has 1 aliphatic rings. The van der Waals surface area contributed by atoms with E-state index in [0.29, 0.717) is 12.6 Å². The van der Waals surface area contributed by atoms with Crippen molar-refractivity contribution >= 4 is 21.6 Å². The van der Waals surface area contributed by atoms with E-state index in [0.717, 1.165) is 13.1 Å². The largest absolute Gasteiger partial charge is 0.367 e. The molecule has 1 aromatic rings. The third-order valence-corrected chi connectivity index (χ3v) is 4.86. The molecule has 0 aromatic heterocycles. The maximum atomic E-state index is 5.94. The Morgan fingerprint density at radius 1 is 1.42 bits per heavy atom. The summed E-state index contributed by atoms with van der Waals surface area (Å²) < 4.78 is 1.17. The second-order valence-corrected chi connectivity index (χ2v) is 7.00. The molecule has 1 heterocycles. The monoisotopic (exact) mass is 325 g/mol. The molecular weight excluding hydrogens is 302 g/mol.